The molecule has 0 radical (unpaired) electrons. The summed E-state index contributed by atoms with van der Waals surface area (Å²) in [7, 11) is 0. The van der Waals surface area contributed by atoms with Crippen LogP contribution in [-0.4, -0.2) is 12.6 Å². The molecule has 4 saturated carbocycles. The van der Waals surface area contributed by atoms with Crippen LogP contribution in [0.2, 0.25) is 0 Å². The summed E-state index contributed by atoms with van der Waals surface area (Å²) in [6, 6.07) is 0.669. The van der Waals surface area contributed by atoms with Gasteiger partial charge >= 0.3 is 0 Å². The van der Waals surface area contributed by atoms with E-state index in [-0.39, 0.29) is 0 Å². The summed E-state index contributed by atoms with van der Waals surface area (Å²) in [5, 5.41) is 3.67. The van der Waals surface area contributed by atoms with Crippen molar-refractivity contribution in [2.45, 2.75) is 52.0 Å². The fourth-order valence-corrected chi connectivity index (χ4v) is 4.74. The predicted molar refractivity (Wildman–Crippen MR) is 63.7 cm³/mol. The van der Waals surface area contributed by atoms with E-state index in [9.17, 15) is 0 Å². The molecule has 0 heterocycles. The SMILES string of the molecule is CC(C)NCC1C2CC3CC(C2)CC1C3. The lowest BCUT2D eigenvalue weighted by Gasteiger charge is -2.54. The lowest BCUT2D eigenvalue weighted by atomic mass is 9.52. The third-order valence-corrected chi connectivity index (χ3v) is 5.18. The molecule has 1 N–H and O–H groups in total. The van der Waals surface area contributed by atoms with Crippen molar-refractivity contribution in [1.82, 2.24) is 5.32 Å². The average molecular weight is 207 g/mol. The molecule has 4 bridgehead atoms. The molecular formula is C14H25N. The van der Waals surface area contributed by atoms with E-state index in [1.54, 1.807) is 32.1 Å². The minimum atomic E-state index is 0.669. The highest BCUT2D eigenvalue weighted by Gasteiger charge is 2.47. The Kier molecular flexibility index (Phi) is 2.54. The Morgan fingerprint density at radius 3 is 1.93 bits per heavy atom. The molecule has 0 spiro atoms. The maximum atomic E-state index is 3.67. The molecule has 0 aromatic heterocycles. The molecule has 0 amide bonds. The molecular weight excluding hydrogens is 182 g/mol. The molecule has 1 heteroatoms. The molecule has 4 aliphatic carbocycles. The molecule has 1 nitrogen and oxygen atoms in total. The minimum absolute atomic E-state index is 0.669. The zero-order valence-corrected chi connectivity index (χ0v) is 10.2. The van der Waals surface area contributed by atoms with Crippen molar-refractivity contribution in [3.05, 3.63) is 0 Å². The third-order valence-electron chi connectivity index (χ3n) is 5.18. The van der Waals surface area contributed by atoms with Gasteiger partial charge in [0.15, 0.2) is 0 Å². The van der Waals surface area contributed by atoms with Crippen LogP contribution in [0.4, 0.5) is 0 Å². The molecule has 4 fully saturated rings. The Labute approximate surface area is 94.0 Å². The van der Waals surface area contributed by atoms with Gasteiger partial charge in [0.05, 0.1) is 0 Å². The zero-order chi connectivity index (χ0) is 10.4. The Morgan fingerprint density at radius 2 is 1.47 bits per heavy atom. The van der Waals surface area contributed by atoms with Gasteiger partial charge in [0.2, 0.25) is 0 Å². The summed E-state index contributed by atoms with van der Waals surface area (Å²) < 4.78 is 0. The van der Waals surface area contributed by atoms with Gasteiger partial charge in [0.1, 0.15) is 0 Å². The molecule has 0 atom stereocenters. The first-order valence-corrected chi connectivity index (χ1v) is 6.95. The highest BCUT2D eigenvalue weighted by molar-refractivity contribution is 4.98. The van der Waals surface area contributed by atoms with Gasteiger partial charge in [-0.3, -0.25) is 0 Å². The van der Waals surface area contributed by atoms with Crippen molar-refractivity contribution in [3.63, 3.8) is 0 Å². The normalized spacial score (nSPS) is 47.8. The van der Waals surface area contributed by atoms with Gasteiger partial charge in [-0.05, 0) is 68.2 Å². The van der Waals surface area contributed by atoms with Crippen LogP contribution in [0.1, 0.15) is 46.0 Å². The lowest BCUT2D eigenvalue weighted by Crippen LogP contribution is -2.49. The summed E-state index contributed by atoms with van der Waals surface area (Å²) in [6.45, 7) is 5.85. The van der Waals surface area contributed by atoms with Crippen LogP contribution in [0.25, 0.3) is 0 Å². The van der Waals surface area contributed by atoms with Crippen molar-refractivity contribution in [1.29, 1.82) is 0 Å². The van der Waals surface area contributed by atoms with Gasteiger partial charge in [0.25, 0.3) is 0 Å². The number of hydrogen-bond acceptors (Lipinski definition) is 1. The van der Waals surface area contributed by atoms with Gasteiger partial charge < -0.3 is 5.32 Å². The van der Waals surface area contributed by atoms with Crippen LogP contribution in [0.3, 0.4) is 0 Å². The fraction of sp³-hybridized carbons (Fsp3) is 1.00. The molecule has 0 saturated heterocycles. The Balaban J connectivity index is 1.64. The first-order valence-electron chi connectivity index (χ1n) is 6.95. The maximum absolute atomic E-state index is 3.67. The molecule has 86 valence electrons. The summed E-state index contributed by atoms with van der Waals surface area (Å²) in [6.07, 6.45) is 7.85. The van der Waals surface area contributed by atoms with Gasteiger partial charge in [-0.2, -0.15) is 0 Å². The van der Waals surface area contributed by atoms with Crippen LogP contribution >= 0.6 is 0 Å². The minimum Gasteiger partial charge on any atom is -0.314 e. The number of nitrogens with one attached hydrogen (secondary N) is 1. The largest absolute Gasteiger partial charge is 0.314 e. The topological polar surface area (TPSA) is 12.0 Å². The van der Waals surface area contributed by atoms with Gasteiger partial charge in [-0.25, -0.2) is 0 Å². The molecule has 15 heavy (non-hydrogen) atoms. The molecule has 0 aromatic rings. The molecule has 0 aromatic carbocycles. The van der Waals surface area contributed by atoms with E-state index >= 15 is 0 Å². The van der Waals surface area contributed by atoms with E-state index in [0.717, 1.165) is 29.6 Å². The summed E-state index contributed by atoms with van der Waals surface area (Å²) in [5.74, 6) is 5.46. The van der Waals surface area contributed by atoms with Crippen LogP contribution < -0.4 is 5.32 Å². The monoisotopic (exact) mass is 207 g/mol. The molecule has 4 rings (SSSR count). The van der Waals surface area contributed by atoms with Crippen LogP contribution in [0.15, 0.2) is 0 Å². The molecule has 0 unspecified atom stereocenters. The summed E-state index contributed by atoms with van der Waals surface area (Å²) in [5.41, 5.74) is 0. The molecule has 0 aliphatic heterocycles. The second kappa shape index (κ2) is 3.76. The van der Waals surface area contributed by atoms with E-state index in [1.165, 1.54) is 6.54 Å². The first kappa shape index (κ1) is 10.1. The Morgan fingerprint density at radius 1 is 0.933 bits per heavy atom. The quantitative estimate of drug-likeness (QED) is 0.750. The van der Waals surface area contributed by atoms with E-state index in [4.69, 9.17) is 0 Å². The second-order valence-electron chi connectivity index (χ2n) is 6.66. The van der Waals surface area contributed by atoms with E-state index in [2.05, 4.69) is 19.2 Å². The Hall–Kier alpha value is -0.0400. The number of hydrogen-bond donors (Lipinski definition) is 1. The maximum Gasteiger partial charge on any atom is 0.00104 e. The van der Waals surface area contributed by atoms with Crippen LogP contribution in [-0.2, 0) is 0 Å². The van der Waals surface area contributed by atoms with Gasteiger partial charge in [-0.15, -0.1) is 0 Å². The van der Waals surface area contributed by atoms with Crippen LogP contribution in [0, 0.1) is 29.6 Å². The summed E-state index contributed by atoms with van der Waals surface area (Å²) in [4.78, 5) is 0. The van der Waals surface area contributed by atoms with Crippen molar-refractivity contribution in [2.75, 3.05) is 6.54 Å². The first-order chi connectivity index (χ1) is 7.22. The van der Waals surface area contributed by atoms with E-state index in [0.29, 0.717) is 6.04 Å². The van der Waals surface area contributed by atoms with Crippen molar-refractivity contribution >= 4 is 0 Å². The van der Waals surface area contributed by atoms with Gasteiger partial charge in [0, 0.05) is 6.04 Å². The average Bonchev–Trinajstić information content (AvgIpc) is 2.14. The van der Waals surface area contributed by atoms with E-state index < -0.39 is 0 Å². The van der Waals surface area contributed by atoms with Crippen molar-refractivity contribution in [3.8, 4) is 0 Å². The fourth-order valence-electron chi connectivity index (χ4n) is 4.74. The Bertz CT molecular complexity index is 205. The van der Waals surface area contributed by atoms with Crippen molar-refractivity contribution < 1.29 is 0 Å². The lowest BCUT2D eigenvalue weighted by molar-refractivity contribution is -0.0360. The molecule has 4 aliphatic rings. The van der Waals surface area contributed by atoms with Gasteiger partial charge in [-0.1, -0.05) is 13.8 Å². The third kappa shape index (κ3) is 1.84. The highest BCUT2D eigenvalue weighted by Crippen LogP contribution is 2.56. The van der Waals surface area contributed by atoms with Crippen LogP contribution in [0.5, 0.6) is 0 Å². The zero-order valence-electron chi connectivity index (χ0n) is 10.2. The highest BCUT2D eigenvalue weighted by atomic mass is 14.9. The number of rotatable bonds is 3. The summed E-state index contributed by atoms with van der Waals surface area (Å²) >= 11 is 0. The standard InChI is InChI=1S/C14H25N/c1-9(2)15-8-14-12-4-10-3-11(6-12)7-13(14)5-10/h9-15H,3-8H2,1-2H3. The predicted octanol–water partition coefficient (Wildman–Crippen LogP) is 3.06. The second-order valence-corrected chi connectivity index (χ2v) is 6.66. The smallest absolute Gasteiger partial charge is 0.00104 e. The van der Waals surface area contributed by atoms with E-state index in [1.807, 2.05) is 0 Å². The van der Waals surface area contributed by atoms with Crippen molar-refractivity contribution in [2.24, 2.45) is 29.6 Å².